The van der Waals surface area contributed by atoms with Crippen molar-refractivity contribution in [2.45, 2.75) is 0 Å². The normalized spacial score (nSPS) is 16.6. The van der Waals surface area contributed by atoms with Gasteiger partial charge in [-0.2, -0.15) is 0 Å². The molecular formula is C19H13FN2O2S. The van der Waals surface area contributed by atoms with E-state index >= 15 is 0 Å². The molecule has 1 aliphatic rings. The van der Waals surface area contributed by atoms with Gasteiger partial charge in [-0.3, -0.25) is 14.9 Å². The van der Waals surface area contributed by atoms with E-state index < -0.39 is 17.6 Å². The SMILES string of the molecule is O=C1NC(=S)N(c2ccccc2F)C(=O)C1=CC=Cc1ccccc1. The van der Waals surface area contributed by atoms with E-state index in [1.54, 1.807) is 18.2 Å². The number of carbonyl (C=O) groups excluding carboxylic acids is 2. The number of para-hydroxylation sites is 1. The van der Waals surface area contributed by atoms with Gasteiger partial charge in [-0.25, -0.2) is 9.29 Å². The molecule has 6 heteroatoms. The summed E-state index contributed by atoms with van der Waals surface area (Å²) in [4.78, 5) is 25.7. The second-order valence-corrected chi connectivity index (χ2v) is 5.59. The largest absolute Gasteiger partial charge is 0.298 e. The van der Waals surface area contributed by atoms with Crippen molar-refractivity contribution in [3.05, 3.63) is 83.7 Å². The molecule has 0 aromatic heterocycles. The molecule has 1 saturated heterocycles. The molecule has 0 bridgehead atoms. The monoisotopic (exact) mass is 352 g/mol. The summed E-state index contributed by atoms with van der Waals surface area (Å²) >= 11 is 5.03. The first-order valence-corrected chi connectivity index (χ1v) is 7.86. The molecule has 4 nitrogen and oxygen atoms in total. The van der Waals surface area contributed by atoms with Crippen LogP contribution in [-0.2, 0) is 9.59 Å². The summed E-state index contributed by atoms with van der Waals surface area (Å²) in [7, 11) is 0. The molecule has 1 N–H and O–H groups in total. The number of halogens is 1. The third-order valence-electron chi connectivity index (χ3n) is 3.55. The van der Waals surface area contributed by atoms with Gasteiger partial charge in [-0.1, -0.05) is 54.6 Å². The molecule has 1 aliphatic heterocycles. The van der Waals surface area contributed by atoms with E-state index in [0.29, 0.717) is 0 Å². The molecule has 3 rings (SSSR count). The Hall–Kier alpha value is -3.12. The van der Waals surface area contributed by atoms with E-state index in [9.17, 15) is 14.0 Å². The topological polar surface area (TPSA) is 49.4 Å². The molecule has 0 atom stereocenters. The molecule has 124 valence electrons. The first kappa shape index (κ1) is 16.7. The fraction of sp³-hybridized carbons (Fsp3) is 0. The molecular weight excluding hydrogens is 339 g/mol. The predicted molar refractivity (Wildman–Crippen MR) is 98.2 cm³/mol. The van der Waals surface area contributed by atoms with Crippen LogP contribution in [0.5, 0.6) is 0 Å². The summed E-state index contributed by atoms with van der Waals surface area (Å²) in [6, 6.07) is 15.2. The van der Waals surface area contributed by atoms with Gasteiger partial charge in [0.05, 0.1) is 5.69 Å². The van der Waals surface area contributed by atoms with Crippen LogP contribution in [0.15, 0.2) is 72.3 Å². The number of hydrogen-bond donors (Lipinski definition) is 1. The standard InChI is InChI=1S/C19H13FN2O2S/c20-15-11-4-5-12-16(15)22-18(24)14(17(23)21-19(22)25)10-6-9-13-7-2-1-3-8-13/h1-12H,(H,21,23,25). The minimum atomic E-state index is -0.670. The van der Waals surface area contributed by atoms with Crippen LogP contribution in [0.1, 0.15) is 5.56 Å². The smallest absolute Gasteiger partial charge is 0.270 e. The van der Waals surface area contributed by atoms with E-state index in [1.807, 2.05) is 30.3 Å². The number of carbonyl (C=O) groups is 2. The highest BCUT2D eigenvalue weighted by Crippen LogP contribution is 2.23. The second-order valence-electron chi connectivity index (χ2n) is 5.20. The zero-order valence-corrected chi connectivity index (χ0v) is 13.8. The van der Waals surface area contributed by atoms with Crippen LogP contribution in [0.4, 0.5) is 10.1 Å². The van der Waals surface area contributed by atoms with Gasteiger partial charge in [0.2, 0.25) is 0 Å². The highest BCUT2D eigenvalue weighted by atomic mass is 32.1. The van der Waals surface area contributed by atoms with E-state index in [-0.39, 0.29) is 16.4 Å². The van der Waals surface area contributed by atoms with Gasteiger partial charge >= 0.3 is 0 Å². The first-order valence-electron chi connectivity index (χ1n) is 7.45. The Labute approximate surface area is 149 Å². The maximum absolute atomic E-state index is 14.0. The number of thiocarbonyl (C=S) groups is 1. The minimum absolute atomic E-state index is 0.00422. The molecule has 0 aliphatic carbocycles. The maximum atomic E-state index is 14.0. The number of anilines is 1. The summed E-state index contributed by atoms with van der Waals surface area (Å²) in [5.41, 5.74) is 0.795. The lowest BCUT2D eigenvalue weighted by molar-refractivity contribution is -0.122. The first-order chi connectivity index (χ1) is 12.1. The number of hydrogen-bond acceptors (Lipinski definition) is 3. The second kappa shape index (κ2) is 7.19. The Morgan fingerprint density at radius 3 is 2.40 bits per heavy atom. The van der Waals surface area contributed by atoms with E-state index in [4.69, 9.17) is 12.2 Å². The lowest BCUT2D eigenvalue weighted by Crippen LogP contribution is -2.54. The van der Waals surface area contributed by atoms with E-state index in [2.05, 4.69) is 5.32 Å². The Morgan fingerprint density at radius 1 is 1.00 bits per heavy atom. The average Bonchev–Trinajstić information content (AvgIpc) is 2.60. The summed E-state index contributed by atoms with van der Waals surface area (Å²) in [6.07, 6.45) is 4.74. The predicted octanol–water partition coefficient (Wildman–Crippen LogP) is 3.21. The summed E-state index contributed by atoms with van der Waals surface area (Å²) in [6.45, 7) is 0. The fourth-order valence-electron chi connectivity index (χ4n) is 2.35. The zero-order chi connectivity index (χ0) is 17.8. The van der Waals surface area contributed by atoms with Crippen LogP contribution in [0, 0.1) is 5.82 Å². The average molecular weight is 352 g/mol. The van der Waals surface area contributed by atoms with Crippen LogP contribution in [-0.4, -0.2) is 16.9 Å². The van der Waals surface area contributed by atoms with Gasteiger partial charge < -0.3 is 0 Å². The lowest BCUT2D eigenvalue weighted by atomic mass is 10.1. The number of rotatable bonds is 3. The lowest BCUT2D eigenvalue weighted by Gasteiger charge is -2.28. The summed E-state index contributed by atoms with van der Waals surface area (Å²) in [5.74, 6) is -1.88. The van der Waals surface area contributed by atoms with Crippen molar-refractivity contribution >= 4 is 40.9 Å². The van der Waals surface area contributed by atoms with Crippen molar-refractivity contribution in [2.75, 3.05) is 4.90 Å². The van der Waals surface area contributed by atoms with Gasteiger partial charge in [0.1, 0.15) is 11.4 Å². The van der Waals surface area contributed by atoms with Gasteiger partial charge in [0, 0.05) is 0 Å². The van der Waals surface area contributed by atoms with Gasteiger partial charge in [-0.05, 0) is 36.0 Å². The van der Waals surface area contributed by atoms with Crippen LogP contribution in [0.25, 0.3) is 6.08 Å². The Balaban J connectivity index is 1.92. The van der Waals surface area contributed by atoms with Crippen molar-refractivity contribution in [3.8, 4) is 0 Å². The zero-order valence-electron chi connectivity index (χ0n) is 13.0. The summed E-state index contributed by atoms with van der Waals surface area (Å²) < 4.78 is 14.0. The quantitative estimate of drug-likeness (QED) is 0.524. The molecule has 1 fully saturated rings. The van der Waals surface area contributed by atoms with Gasteiger partial charge in [-0.15, -0.1) is 0 Å². The number of nitrogens with zero attached hydrogens (tertiary/aromatic N) is 1. The van der Waals surface area contributed by atoms with Crippen molar-refractivity contribution in [1.82, 2.24) is 5.32 Å². The van der Waals surface area contributed by atoms with Crippen LogP contribution >= 0.6 is 12.2 Å². The molecule has 0 radical (unpaired) electrons. The van der Waals surface area contributed by atoms with Crippen molar-refractivity contribution in [3.63, 3.8) is 0 Å². The minimum Gasteiger partial charge on any atom is -0.298 e. The van der Waals surface area contributed by atoms with Gasteiger partial charge in [0.15, 0.2) is 5.11 Å². The molecule has 0 spiro atoms. The number of benzene rings is 2. The maximum Gasteiger partial charge on any atom is 0.270 e. The third-order valence-corrected chi connectivity index (χ3v) is 3.83. The number of allylic oxidation sites excluding steroid dienone is 2. The molecule has 1 heterocycles. The molecule has 25 heavy (non-hydrogen) atoms. The van der Waals surface area contributed by atoms with E-state index in [0.717, 1.165) is 10.5 Å². The highest BCUT2D eigenvalue weighted by Gasteiger charge is 2.35. The van der Waals surface area contributed by atoms with Crippen LogP contribution < -0.4 is 10.2 Å². The Kier molecular flexibility index (Phi) is 4.81. The molecule has 2 aromatic carbocycles. The highest BCUT2D eigenvalue weighted by molar-refractivity contribution is 7.80. The van der Waals surface area contributed by atoms with Crippen LogP contribution in [0.2, 0.25) is 0 Å². The Bertz CT molecular complexity index is 907. The molecule has 2 amide bonds. The van der Waals surface area contributed by atoms with E-state index in [1.165, 1.54) is 24.3 Å². The number of amides is 2. The fourth-order valence-corrected chi connectivity index (χ4v) is 2.62. The van der Waals surface area contributed by atoms with Crippen molar-refractivity contribution < 1.29 is 14.0 Å². The Morgan fingerprint density at radius 2 is 1.68 bits per heavy atom. The van der Waals surface area contributed by atoms with Crippen molar-refractivity contribution in [1.29, 1.82) is 0 Å². The molecule has 0 unspecified atom stereocenters. The molecule has 2 aromatic rings. The summed E-state index contributed by atoms with van der Waals surface area (Å²) in [5, 5.41) is 2.26. The van der Waals surface area contributed by atoms with Gasteiger partial charge in [0.25, 0.3) is 11.8 Å². The number of nitrogens with one attached hydrogen (secondary N) is 1. The van der Waals surface area contributed by atoms with Crippen molar-refractivity contribution in [2.24, 2.45) is 0 Å². The van der Waals surface area contributed by atoms with Crippen LogP contribution in [0.3, 0.4) is 0 Å². The molecule has 0 saturated carbocycles. The third kappa shape index (κ3) is 3.54.